The minimum Gasteiger partial charge on any atom is -0.462 e. The van der Waals surface area contributed by atoms with E-state index in [-0.39, 0.29) is 0 Å². The Bertz CT molecular complexity index is 836. The van der Waals surface area contributed by atoms with Crippen LogP contribution < -0.4 is 0 Å². The standard InChI is InChI=1S/C21H35NO9S/c1-19(2,3)16(23)28-12-14(31-32(10,26)27)15(30-18(25)21(7,8)9)13(11-22)29-17(24)20(4,5)6/h13-15H,12H2,1-10H3/t13-,14+,15-/m0/s1. The maximum absolute atomic E-state index is 12.6. The smallest absolute Gasteiger partial charge is 0.312 e. The maximum atomic E-state index is 12.6. The van der Waals surface area contributed by atoms with Crippen molar-refractivity contribution in [2.45, 2.75) is 80.6 Å². The van der Waals surface area contributed by atoms with Crippen molar-refractivity contribution in [3.05, 3.63) is 0 Å². The molecule has 0 saturated carbocycles. The summed E-state index contributed by atoms with van der Waals surface area (Å²) in [6, 6.07) is 1.71. The predicted octanol–water partition coefficient (Wildman–Crippen LogP) is 2.36. The van der Waals surface area contributed by atoms with Gasteiger partial charge in [-0.2, -0.15) is 13.7 Å². The van der Waals surface area contributed by atoms with Gasteiger partial charge in [0.25, 0.3) is 10.1 Å². The molecule has 0 amide bonds. The molecule has 0 radical (unpaired) electrons. The van der Waals surface area contributed by atoms with Crippen molar-refractivity contribution in [1.82, 2.24) is 0 Å². The fraction of sp³-hybridized carbons (Fsp3) is 0.810. The lowest BCUT2D eigenvalue weighted by atomic mass is 9.96. The molecular weight excluding hydrogens is 442 g/mol. The van der Waals surface area contributed by atoms with Crippen molar-refractivity contribution in [2.75, 3.05) is 12.9 Å². The zero-order valence-corrected chi connectivity index (χ0v) is 21.3. The van der Waals surface area contributed by atoms with Crippen LogP contribution in [0, 0.1) is 27.6 Å². The molecule has 0 aromatic heterocycles. The number of hydrogen-bond donors (Lipinski definition) is 0. The van der Waals surface area contributed by atoms with E-state index in [1.807, 2.05) is 0 Å². The number of rotatable bonds is 8. The summed E-state index contributed by atoms with van der Waals surface area (Å²) in [6.07, 6.45) is -4.31. The number of nitriles is 1. The van der Waals surface area contributed by atoms with Gasteiger partial charge in [-0.25, -0.2) is 0 Å². The third kappa shape index (κ3) is 10.4. The van der Waals surface area contributed by atoms with Crippen molar-refractivity contribution < 1.29 is 41.2 Å². The highest BCUT2D eigenvalue weighted by molar-refractivity contribution is 7.86. The summed E-state index contributed by atoms with van der Waals surface area (Å²) in [5.74, 6) is -2.27. The molecule has 3 atom stereocenters. The summed E-state index contributed by atoms with van der Waals surface area (Å²) in [7, 11) is -4.15. The summed E-state index contributed by atoms with van der Waals surface area (Å²) < 4.78 is 44.5. The molecule has 32 heavy (non-hydrogen) atoms. The van der Waals surface area contributed by atoms with Gasteiger partial charge in [-0.15, -0.1) is 0 Å². The lowest BCUT2D eigenvalue weighted by Gasteiger charge is -2.32. The van der Waals surface area contributed by atoms with Gasteiger partial charge in [-0.05, 0) is 62.3 Å². The molecule has 0 unspecified atom stereocenters. The van der Waals surface area contributed by atoms with Gasteiger partial charge in [0, 0.05) is 0 Å². The first-order valence-electron chi connectivity index (χ1n) is 9.97. The predicted molar refractivity (Wildman–Crippen MR) is 114 cm³/mol. The Balaban J connectivity index is 6.24. The Morgan fingerprint density at radius 2 is 1.22 bits per heavy atom. The molecule has 0 aliphatic rings. The molecule has 0 aromatic rings. The van der Waals surface area contributed by atoms with Crippen LogP contribution in [0.3, 0.4) is 0 Å². The fourth-order valence-corrected chi connectivity index (χ4v) is 2.48. The van der Waals surface area contributed by atoms with E-state index in [1.165, 1.54) is 0 Å². The second-order valence-electron chi connectivity index (χ2n) is 10.5. The van der Waals surface area contributed by atoms with Crippen LogP contribution in [0.5, 0.6) is 0 Å². The van der Waals surface area contributed by atoms with Crippen LogP contribution in [0.25, 0.3) is 0 Å². The molecule has 184 valence electrons. The number of carbonyl (C=O) groups is 3. The van der Waals surface area contributed by atoms with Crippen molar-refractivity contribution in [3.63, 3.8) is 0 Å². The van der Waals surface area contributed by atoms with E-state index in [2.05, 4.69) is 0 Å². The van der Waals surface area contributed by atoms with E-state index >= 15 is 0 Å². The highest BCUT2D eigenvalue weighted by Gasteiger charge is 2.43. The van der Waals surface area contributed by atoms with Crippen molar-refractivity contribution in [1.29, 1.82) is 5.26 Å². The summed E-state index contributed by atoms with van der Waals surface area (Å²) >= 11 is 0. The van der Waals surface area contributed by atoms with Gasteiger partial charge in [0.15, 0.2) is 12.2 Å². The SMILES string of the molecule is CC(C)(C)C(=O)OC[C@@H](OS(C)(=O)=O)[C@@H](OC(=O)C(C)(C)C)[C@H](C#N)OC(=O)C(C)(C)C. The third-order valence-electron chi connectivity index (χ3n) is 3.78. The summed E-state index contributed by atoms with van der Waals surface area (Å²) in [5.41, 5.74) is -2.95. The maximum Gasteiger partial charge on any atom is 0.312 e. The molecule has 10 nitrogen and oxygen atoms in total. The molecule has 0 aliphatic heterocycles. The van der Waals surface area contributed by atoms with Crippen LogP contribution in [-0.4, -0.2) is 57.5 Å². The fourth-order valence-electron chi connectivity index (χ4n) is 1.87. The Morgan fingerprint density at radius 3 is 1.56 bits per heavy atom. The van der Waals surface area contributed by atoms with Gasteiger partial charge in [-0.3, -0.25) is 18.6 Å². The Hall–Kier alpha value is -2.19. The van der Waals surface area contributed by atoms with E-state index in [0.29, 0.717) is 0 Å². The Labute approximate surface area is 190 Å². The van der Waals surface area contributed by atoms with E-state index < -0.39 is 69.2 Å². The normalized spacial score (nSPS) is 15.7. The molecular formula is C21H35NO9S. The molecule has 0 aromatic carbocycles. The summed E-state index contributed by atoms with van der Waals surface area (Å²) in [5, 5.41) is 9.65. The Morgan fingerprint density at radius 1 is 0.812 bits per heavy atom. The van der Waals surface area contributed by atoms with Gasteiger partial charge in [0.1, 0.15) is 12.7 Å². The number of carbonyl (C=O) groups excluding carboxylic acids is 3. The first kappa shape index (κ1) is 29.8. The minimum atomic E-state index is -4.15. The second kappa shape index (κ2) is 10.6. The molecule has 0 N–H and O–H groups in total. The monoisotopic (exact) mass is 477 g/mol. The highest BCUT2D eigenvalue weighted by atomic mass is 32.2. The van der Waals surface area contributed by atoms with Crippen molar-refractivity contribution >= 4 is 28.0 Å². The van der Waals surface area contributed by atoms with E-state index in [1.54, 1.807) is 68.4 Å². The van der Waals surface area contributed by atoms with Crippen LogP contribution in [0.4, 0.5) is 0 Å². The third-order valence-corrected chi connectivity index (χ3v) is 4.38. The zero-order chi connectivity index (χ0) is 25.7. The average molecular weight is 478 g/mol. The quantitative estimate of drug-likeness (QED) is 0.290. The van der Waals surface area contributed by atoms with Crippen LogP contribution in [0.1, 0.15) is 62.3 Å². The molecule has 0 spiro atoms. The lowest BCUT2D eigenvalue weighted by Crippen LogP contribution is -2.49. The first-order valence-corrected chi connectivity index (χ1v) is 11.8. The second-order valence-corrected chi connectivity index (χ2v) is 12.1. The summed E-state index contributed by atoms with van der Waals surface area (Å²) in [4.78, 5) is 37.1. The zero-order valence-electron chi connectivity index (χ0n) is 20.5. The average Bonchev–Trinajstić information content (AvgIpc) is 2.57. The molecule has 0 rings (SSSR count). The summed E-state index contributed by atoms with van der Waals surface area (Å²) in [6.45, 7) is 13.4. The van der Waals surface area contributed by atoms with Crippen LogP contribution in [-0.2, 0) is 42.9 Å². The first-order chi connectivity index (χ1) is 14.1. The van der Waals surface area contributed by atoms with E-state index in [0.717, 1.165) is 6.26 Å². The lowest BCUT2D eigenvalue weighted by molar-refractivity contribution is -0.184. The van der Waals surface area contributed by atoms with Crippen LogP contribution >= 0.6 is 0 Å². The van der Waals surface area contributed by atoms with Crippen molar-refractivity contribution in [2.24, 2.45) is 16.2 Å². The minimum absolute atomic E-state index is 0.670. The van der Waals surface area contributed by atoms with Gasteiger partial charge in [0.2, 0.25) is 6.10 Å². The van der Waals surface area contributed by atoms with Crippen LogP contribution in [0.2, 0.25) is 0 Å². The van der Waals surface area contributed by atoms with Crippen LogP contribution in [0.15, 0.2) is 0 Å². The van der Waals surface area contributed by atoms with Gasteiger partial charge in [-0.1, -0.05) is 0 Å². The number of esters is 3. The topological polar surface area (TPSA) is 146 Å². The largest absolute Gasteiger partial charge is 0.462 e. The number of hydrogen-bond acceptors (Lipinski definition) is 10. The molecule has 0 fully saturated rings. The number of nitrogens with zero attached hydrogens (tertiary/aromatic N) is 1. The van der Waals surface area contributed by atoms with E-state index in [9.17, 15) is 28.1 Å². The molecule has 0 bridgehead atoms. The Kier molecular flexibility index (Phi) is 9.89. The number of ether oxygens (including phenoxy) is 3. The van der Waals surface area contributed by atoms with Gasteiger partial charge >= 0.3 is 17.9 Å². The molecule has 0 aliphatic carbocycles. The van der Waals surface area contributed by atoms with Gasteiger partial charge in [0.05, 0.1) is 22.5 Å². The highest BCUT2D eigenvalue weighted by Crippen LogP contribution is 2.25. The van der Waals surface area contributed by atoms with E-state index in [4.69, 9.17) is 18.4 Å². The molecule has 0 heterocycles. The molecule has 0 saturated heterocycles. The van der Waals surface area contributed by atoms with Gasteiger partial charge < -0.3 is 14.2 Å². The molecule has 11 heteroatoms. The van der Waals surface area contributed by atoms with Crippen molar-refractivity contribution in [3.8, 4) is 6.07 Å².